The molecule has 3 aromatic carbocycles. The standard InChI is InChI=1S/C22H14ClN3O3/c23-19-11-4-3-10-18(19)20(27)25-15-7-5-6-14(12-15)13-24-26-21(28)16-8-1-2-9-17(16)22(26)29/h1-13H,(H,25,27)/b24-13-. The summed E-state index contributed by atoms with van der Waals surface area (Å²) in [5, 5.41) is 7.99. The van der Waals surface area contributed by atoms with Gasteiger partial charge in [0.1, 0.15) is 0 Å². The summed E-state index contributed by atoms with van der Waals surface area (Å²) in [7, 11) is 0. The van der Waals surface area contributed by atoms with E-state index >= 15 is 0 Å². The van der Waals surface area contributed by atoms with E-state index in [0.29, 0.717) is 33.0 Å². The van der Waals surface area contributed by atoms with Crippen LogP contribution in [-0.2, 0) is 0 Å². The quantitative estimate of drug-likeness (QED) is 0.523. The van der Waals surface area contributed by atoms with Gasteiger partial charge in [0.2, 0.25) is 0 Å². The molecule has 6 nitrogen and oxygen atoms in total. The number of imide groups is 1. The summed E-state index contributed by atoms with van der Waals surface area (Å²) in [6, 6.07) is 20.2. The van der Waals surface area contributed by atoms with Crippen molar-refractivity contribution in [1.29, 1.82) is 0 Å². The van der Waals surface area contributed by atoms with Crippen LogP contribution < -0.4 is 5.32 Å². The minimum absolute atomic E-state index is 0.329. The summed E-state index contributed by atoms with van der Waals surface area (Å²) in [6.07, 6.45) is 1.40. The van der Waals surface area contributed by atoms with Crippen LogP contribution in [0.25, 0.3) is 0 Å². The number of hydrogen-bond acceptors (Lipinski definition) is 4. The third kappa shape index (κ3) is 3.66. The highest BCUT2D eigenvalue weighted by Crippen LogP contribution is 2.23. The zero-order chi connectivity index (χ0) is 20.4. The van der Waals surface area contributed by atoms with Crippen molar-refractivity contribution < 1.29 is 14.4 Å². The zero-order valence-electron chi connectivity index (χ0n) is 15.0. The molecule has 29 heavy (non-hydrogen) atoms. The van der Waals surface area contributed by atoms with Crippen molar-refractivity contribution in [3.63, 3.8) is 0 Å². The number of amides is 3. The van der Waals surface area contributed by atoms with E-state index in [4.69, 9.17) is 11.6 Å². The molecular formula is C22H14ClN3O3. The molecule has 3 aromatic rings. The SMILES string of the molecule is O=C(Nc1cccc(/C=N\N2C(=O)c3ccccc3C2=O)c1)c1ccccc1Cl. The van der Waals surface area contributed by atoms with Crippen LogP contribution >= 0.6 is 11.6 Å². The normalized spacial score (nSPS) is 13.1. The van der Waals surface area contributed by atoms with Gasteiger partial charge >= 0.3 is 0 Å². The lowest BCUT2D eigenvalue weighted by atomic mass is 10.1. The molecule has 0 aromatic heterocycles. The molecule has 0 atom stereocenters. The number of halogens is 1. The predicted molar refractivity (Wildman–Crippen MR) is 110 cm³/mol. The van der Waals surface area contributed by atoms with Crippen molar-refractivity contribution in [1.82, 2.24) is 5.01 Å². The van der Waals surface area contributed by atoms with Crippen LogP contribution in [0.1, 0.15) is 36.6 Å². The third-order valence-corrected chi connectivity index (χ3v) is 4.69. The van der Waals surface area contributed by atoms with Gasteiger partial charge in [-0.2, -0.15) is 10.1 Å². The van der Waals surface area contributed by atoms with Crippen LogP contribution in [0, 0.1) is 0 Å². The van der Waals surface area contributed by atoms with Crippen molar-refractivity contribution in [3.8, 4) is 0 Å². The largest absolute Gasteiger partial charge is 0.322 e. The average molecular weight is 404 g/mol. The van der Waals surface area contributed by atoms with Crippen LogP contribution in [0.5, 0.6) is 0 Å². The molecule has 142 valence electrons. The van der Waals surface area contributed by atoms with E-state index in [2.05, 4.69) is 10.4 Å². The number of fused-ring (bicyclic) bond motifs is 1. The number of hydrogen-bond donors (Lipinski definition) is 1. The molecule has 0 aliphatic carbocycles. The molecule has 0 saturated heterocycles. The summed E-state index contributed by atoms with van der Waals surface area (Å²) in [5.74, 6) is -1.28. The van der Waals surface area contributed by atoms with Crippen LogP contribution in [0.15, 0.2) is 77.9 Å². The number of hydrazone groups is 1. The molecule has 1 heterocycles. The zero-order valence-corrected chi connectivity index (χ0v) is 15.8. The number of nitrogens with zero attached hydrogens (tertiary/aromatic N) is 2. The van der Waals surface area contributed by atoms with Crippen molar-refractivity contribution in [2.75, 3.05) is 5.32 Å². The molecule has 7 heteroatoms. The van der Waals surface area contributed by atoms with Crippen molar-refractivity contribution in [2.45, 2.75) is 0 Å². The van der Waals surface area contributed by atoms with Gasteiger partial charge in [0, 0.05) is 5.69 Å². The van der Waals surface area contributed by atoms with E-state index in [-0.39, 0.29) is 5.91 Å². The highest BCUT2D eigenvalue weighted by molar-refractivity contribution is 6.34. The van der Waals surface area contributed by atoms with E-state index < -0.39 is 11.8 Å². The Balaban J connectivity index is 1.51. The minimum atomic E-state index is -0.468. The van der Waals surface area contributed by atoms with Gasteiger partial charge in [0.05, 0.1) is 27.9 Å². The fraction of sp³-hybridized carbons (Fsp3) is 0. The molecule has 4 rings (SSSR count). The summed E-state index contributed by atoms with van der Waals surface area (Å²) in [5.41, 5.74) is 2.16. The Morgan fingerprint density at radius 2 is 1.55 bits per heavy atom. The summed E-state index contributed by atoms with van der Waals surface area (Å²) >= 11 is 6.05. The maximum Gasteiger partial charge on any atom is 0.282 e. The summed E-state index contributed by atoms with van der Waals surface area (Å²) < 4.78 is 0. The second-order valence-corrected chi connectivity index (χ2v) is 6.68. The van der Waals surface area contributed by atoms with Gasteiger partial charge in [-0.3, -0.25) is 14.4 Å². The Morgan fingerprint density at radius 3 is 2.24 bits per heavy atom. The number of carbonyl (C=O) groups is 3. The topological polar surface area (TPSA) is 78.8 Å². The minimum Gasteiger partial charge on any atom is -0.322 e. The van der Waals surface area contributed by atoms with Crippen molar-refractivity contribution >= 4 is 41.2 Å². The fourth-order valence-corrected chi connectivity index (χ4v) is 3.17. The van der Waals surface area contributed by atoms with Gasteiger partial charge < -0.3 is 5.32 Å². The molecule has 1 aliphatic rings. The fourth-order valence-electron chi connectivity index (χ4n) is 2.95. The van der Waals surface area contributed by atoms with E-state index in [0.717, 1.165) is 5.01 Å². The second-order valence-electron chi connectivity index (χ2n) is 6.27. The van der Waals surface area contributed by atoms with Gasteiger partial charge in [-0.05, 0) is 42.0 Å². The average Bonchev–Trinajstić information content (AvgIpc) is 2.97. The number of nitrogens with one attached hydrogen (secondary N) is 1. The van der Waals surface area contributed by atoms with E-state index in [1.165, 1.54) is 6.21 Å². The highest BCUT2D eigenvalue weighted by atomic mass is 35.5. The summed E-state index contributed by atoms with van der Waals surface area (Å²) in [6.45, 7) is 0. The van der Waals surface area contributed by atoms with Crippen LogP contribution in [0.3, 0.4) is 0 Å². The molecule has 0 bridgehead atoms. The number of carbonyl (C=O) groups excluding carboxylic acids is 3. The number of rotatable bonds is 4. The molecule has 1 aliphatic heterocycles. The Hall–Kier alpha value is -3.77. The molecule has 0 unspecified atom stereocenters. The molecule has 0 radical (unpaired) electrons. The van der Waals surface area contributed by atoms with Gasteiger partial charge in [-0.15, -0.1) is 0 Å². The first-order valence-corrected chi connectivity index (χ1v) is 9.10. The lowest BCUT2D eigenvalue weighted by molar-refractivity contribution is 0.0659. The highest BCUT2D eigenvalue weighted by Gasteiger charge is 2.35. The first kappa shape index (κ1) is 18.6. The van der Waals surface area contributed by atoms with Gasteiger partial charge in [-0.1, -0.05) is 48.0 Å². The Kier molecular flexibility index (Phi) is 4.93. The van der Waals surface area contributed by atoms with Crippen LogP contribution in [-0.4, -0.2) is 28.9 Å². The lowest BCUT2D eigenvalue weighted by Crippen LogP contribution is -2.24. The van der Waals surface area contributed by atoms with Crippen molar-refractivity contribution in [3.05, 3.63) is 100 Å². The first-order chi connectivity index (χ1) is 14.0. The molecule has 0 fully saturated rings. The lowest BCUT2D eigenvalue weighted by Gasteiger charge is -2.08. The van der Waals surface area contributed by atoms with E-state index in [1.807, 2.05) is 0 Å². The van der Waals surface area contributed by atoms with Gasteiger partial charge in [0.15, 0.2) is 0 Å². The molecule has 0 spiro atoms. The van der Waals surface area contributed by atoms with Gasteiger partial charge in [0.25, 0.3) is 17.7 Å². The number of benzene rings is 3. The summed E-state index contributed by atoms with van der Waals surface area (Å²) in [4.78, 5) is 37.1. The van der Waals surface area contributed by atoms with E-state index in [1.54, 1.807) is 72.8 Å². The van der Waals surface area contributed by atoms with Crippen molar-refractivity contribution in [2.24, 2.45) is 5.10 Å². The van der Waals surface area contributed by atoms with Crippen LogP contribution in [0.2, 0.25) is 5.02 Å². The first-order valence-electron chi connectivity index (χ1n) is 8.72. The monoisotopic (exact) mass is 403 g/mol. The molecule has 3 amide bonds. The maximum atomic E-state index is 12.4. The smallest absolute Gasteiger partial charge is 0.282 e. The molecule has 1 N–H and O–H groups in total. The van der Waals surface area contributed by atoms with Crippen LogP contribution in [0.4, 0.5) is 5.69 Å². The van der Waals surface area contributed by atoms with E-state index in [9.17, 15) is 14.4 Å². The Morgan fingerprint density at radius 1 is 0.897 bits per heavy atom. The number of anilines is 1. The molecule has 0 saturated carbocycles. The predicted octanol–water partition coefficient (Wildman–Crippen LogP) is 4.22. The Bertz CT molecular complexity index is 1140. The molecular weight excluding hydrogens is 390 g/mol. The Labute approximate surface area is 171 Å². The third-order valence-electron chi connectivity index (χ3n) is 4.36. The maximum absolute atomic E-state index is 12.4. The second kappa shape index (κ2) is 7.69. The van der Waals surface area contributed by atoms with Gasteiger partial charge in [-0.25, -0.2) is 0 Å².